The van der Waals surface area contributed by atoms with Crippen LogP contribution in [0.1, 0.15) is 25.6 Å². The second kappa shape index (κ2) is 5.53. The number of nitrogens with zero attached hydrogens (tertiary/aromatic N) is 2. The van der Waals surface area contributed by atoms with Crippen LogP contribution in [0.3, 0.4) is 0 Å². The molecule has 0 bridgehead atoms. The van der Waals surface area contributed by atoms with E-state index in [0.717, 1.165) is 11.5 Å². The van der Waals surface area contributed by atoms with E-state index in [2.05, 4.69) is 14.7 Å². The van der Waals surface area contributed by atoms with Crippen LogP contribution in [0.2, 0.25) is 0 Å². The minimum absolute atomic E-state index is 0.221. The van der Waals surface area contributed by atoms with Gasteiger partial charge in [0.05, 0.1) is 19.8 Å². The molecule has 0 unspecified atom stereocenters. The maximum atomic E-state index is 9.13. The van der Waals surface area contributed by atoms with Gasteiger partial charge >= 0.3 is 0 Å². The predicted octanol–water partition coefficient (Wildman–Crippen LogP) is -0.211. The summed E-state index contributed by atoms with van der Waals surface area (Å²) in [5.74, 6) is 0.925. The molecule has 0 atom stereocenters. The maximum absolute atomic E-state index is 9.13. The van der Waals surface area contributed by atoms with Crippen molar-refractivity contribution in [1.29, 1.82) is 0 Å². The molecule has 1 heterocycles. The average molecular weight is 247 g/mol. The molecule has 0 saturated carbocycles. The number of aromatic nitrogens is 2. The average Bonchev–Trinajstić information content (AvgIpc) is 2.74. The highest BCUT2D eigenvalue weighted by molar-refractivity contribution is 7.09. The molecule has 1 aromatic heterocycles. The minimum atomic E-state index is -1.15. The van der Waals surface area contributed by atoms with E-state index in [1.165, 1.54) is 0 Å². The molecule has 0 aliphatic rings. The second-order valence-corrected chi connectivity index (χ2v) is 4.74. The largest absolute Gasteiger partial charge is 0.394 e. The lowest BCUT2D eigenvalue weighted by molar-refractivity contribution is 0.0833. The Balaban J connectivity index is 2.77. The number of hydrogen-bond acceptors (Lipinski definition) is 7. The molecular formula is C9H17N3O3S. The molecule has 0 radical (unpaired) electrons. The number of nitrogens with one attached hydrogen (secondary N) is 1. The Kier molecular flexibility index (Phi) is 4.60. The van der Waals surface area contributed by atoms with Gasteiger partial charge in [-0.3, -0.25) is 0 Å². The van der Waals surface area contributed by atoms with Gasteiger partial charge in [-0.2, -0.15) is 4.37 Å². The van der Waals surface area contributed by atoms with Gasteiger partial charge < -0.3 is 20.6 Å². The van der Waals surface area contributed by atoms with Gasteiger partial charge in [-0.25, -0.2) is 4.98 Å². The standard InChI is InChI=1S/C9H17N3O3S/c1-6(2)7-10-8(16-12-7)11-9(3-13,4-14)5-15/h6,13-15H,3-5H2,1-2H3,(H,10,11,12). The summed E-state index contributed by atoms with van der Waals surface area (Å²) in [5, 5.41) is 30.7. The van der Waals surface area contributed by atoms with Gasteiger partial charge in [0.25, 0.3) is 0 Å². The van der Waals surface area contributed by atoms with Crippen LogP contribution in [0, 0.1) is 0 Å². The maximum Gasteiger partial charge on any atom is 0.203 e. The van der Waals surface area contributed by atoms with Crippen LogP contribution in [-0.2, 0) is 0 Å². The summed E-state index contributed by atoms with van der Waals surface area (Å²) in [6.45, 7) is 2.82. The smallest absolute Gasteiger partial charge is 0.203 e. The first-order valence-corrected chi connectivity index (χ1v) is 5.78. The molecule has 0 aromatic carbocycles. The van der Waals surface area contributed by atoms with Crippen molar-refractivity contribution in [2.45, 2.75) is 25.3 Å². The van der Waals surface area contributed by atoms with Crippen LogP contribution in [0.5, 0.6) is 0 Å². The Bertz CT molecular complexity index is 317. The Morgan fingerprint density at radius 3 is 2.19 bits per heavy atom. The highest BCUT2D eigenvalue weighted by Crippen LogP contribution is 2.20. The zero-order chi connectivity index (χ0) is 12.2. The summed E-state index contributed by atoms with van der Waals surface area (Å²) >= 11 is 1.15. The van der Waals surface area contributed by atoms with Crippen molar-refractivity contribution in [1.82, 2.24) is 9.36 Å². The summed E-state index contributed by atoms with van der Waals surface area (Å²) in [4.78, 5) is 4.20. The van der Waals surface area contributed by atoms with E-state index in [4.69, 9.17) is 15.3 Å². The van der Waals surface area contributed by atoms with E-state index >= 15 is 0 Å². The van der Waals surface area contributed by atoms with Gasteiger partial charge in [0, 0.05) is 17.5 Å². The molecule has 1 rings (SSSR count). The summed E-state index contributed by atoms with van der Waals surface area (Å²) in [6.07, 6.45) is 0. The molecule has 7 heteroatoms. The zero-order valence-electron chi connectivity index (χ0n) is 9.34. The monoisotopic (exact) mass is 247 g/mol. The molecule has 16 heavy (non-hydrogen) atoms. The van der Waals surface area contributed by atoms with Gasteiger partial charge in [-0.1, -0.05) is 13.8 Å². The van der Waals surface area contributed by atoms with Crippen molar-refractivity contribution < 1.29 is 15.3 Å². The lowest BCUT2D eigenvalue weighted by Gasteiger charge is -2.27. The van der Waals surface area contributed by atoms with E-state index in [0.29, 0.717) is 11.0 Å². The van der Waals surface area contributed by atoms with Crippen LogP contribution >= 0.6 is 11.5 Å². The molecule has 0 aliphatic heterocycles. The van der Waals surface area contributed by atoms with Crippen molar-refractivity contribution in [2.75, 3.05) is 25.1 Å². The van der Waals surface area contributed by atoms with Gasteiger partial charge in [-0.05, 0) is 0 Å². The summed E-state index contributed by atoms with van der Waals surface area (Å²) in [5.41, 5.74) is -1.15. The third-order valence-electron chi connectivity index (χ3n) is 2.24. The number of rotatable bonds is 6. The Hall–Kier alpha value is -0.760. The van der Waals surface area contributed by atoms with Crippen molar-refractivity contribution in [3.63, 3.8) is 0 Å². The number of aliphatic hydroxyl groups is 3. The molecule has 0 aliphatic carbocycles. The number of aliphatic hydroxyl groups excluding tert-OH is 3. The molecule has 1 aromatic rings. The van der Waals surface area contributed by atoms with E-state index in [1.807, 2.05) is 13.8 Å². The lowest BCUT2D eigenvalue weighted by Crippen LogP contribution is -2.49. The van der Waals surface area contributed by atoms with E-state index in [-0.39, 0.29) is 25.7 Å². The zero-order valence-corrected chi connectivity index (χ0v) is 10.2. The molecule has 0 saturated heterocycles. The SMILES string of the molecule is CC(C)c1nsc(NC(CO)(CO)CO)n1. The number of anilines is 1. The highest BCUT2D eigenvalue weighted by atomic mass is 32.1. The van der Waals surface area contributed by atoms with Gasteiger partial charge in [0.2, 0.25) is 5.13 Å². The van der Waals surface area contributed by atoms with Gasteiger partial charge in [0.1, 0.15) is 11.4 Å². The summed E-state index contributed by atoms with van der Waals surface area (Å²) < 4.78 is 4.13. The lowest BCUT2D eigenvalue weighted by atomic mass is 10.0. The fourth-order valence-corrected chi connectivity index (χ4v) is 1.84. The van der Waals surface area contributed by atoms with Crippen molar-refractivity contribution in [3.8, 4) is 0 Å². The van der Waals surface area contributed by atoms with E-state index in [1.54, 1.807) is 0 Å². The fraction of sp³-hybridized carbons (Fsp3) is 0.778. The fourth-order valence-electron chi connectivity index (χ4n) is 1.02. The molecule has 4 N–H and O–H groups in total. The van der Waals surface area contributed by atoms with Crippen LogP contribution in [0.25, 0.3) is 0 Å². The van der Waals surface area contributed by atoms with Crippen LogP contribution in [0.4, 0.5) is 5.13 Å². The first kappa shape index (κ1) is 13.3. The Labute approximate surface area is 98.1 Å². The Morgan fingerprint density at radius 1 is 1.25 bits per heavy atom. The number of hydrogen-bond donors (Lipinski definition) is 4. The quantitative estimate of drug-likeness (QED) is 0.555. The van der Waals surface area contributed by atoms with Crippen LogP contribution < -0.4 is 5.32 Å². The Morgan fingerprint density at radius 2 is 1.81 bits per heavy atom. The molecule has 92 valence electrons. The topological polar surface area (TPSA) is 98.5 Å². The van der Waals surface area contributed by atoms with Crippen molar-refractivity contribution in [3.05, 3.63) is 5.82 Å². The van der Waals surface area contributed by atoms with Crippen molar-refractivity contribution >= 4 is 16.7 Å². The third-order valence-corrected chi connectivity index (χ3v) is 2.88. The molecular weight excluding hydrogens is 230 g/mol. The minimum Gasteiger partial charge on any atom is -0.394 e. The highest BCUT2D eigenvalue weighted by Gasteiger charge is 2.29. The summed E-state index contributed by atoms with van der Waals surface area (Å²) in [6, 6.07) is 0. The first-order valence-electron chi connectivity index (χ1n) is 5.01. The normalized spacial score (nSPS) is 12.1. The second-order valence-electron chi connectivity index (χ2n) is 3.99. The van der Waals surface area contributed by atoms with Crippen molar-refractivity contribution in [2.24, 2.45) is 0 Å². The van der Waals surface area contributed by atoms with Crippen LogP contribution in [0.15, 0.2) is 0 Å². The van der Waals surface area contributed by atoms with Gasteiger partial charge in [-0.15, -0.1) is 0 Å². The van der Waals surface area contributed by atoms with Gasteiger partial charge in [0.15, 0.2) is 0 Å². The molecule has 0 fully saturated rings. The van der Waals surface area contributed by atoms with E-state index < -0.39 is 5.54 Å². The van der Waals surface area contributed by atoms with E-state index in [9.17, 15) is 0 Å². The predicted molar refractivity (Wildman–Crippen MR) is 61.6 cm³/mol. The third kappa shape index (κ3) is 2.88. The molecule has 0 amide bonds. The van der Waals surface area contributed by atoms with Crippen LogP contribution in [-0.4, -0.2) is 50.0 Å². The first-order chi connectivity index (χ1) is 7.56. The molecule has 6 nitrogen and oxygen atoms in total. The summed E-state index contributed by atoms with van der Waals surface area (Å²) in [7, 11) is 0. The molecule has 0 spiro atoms.